The SMILES string of the molecule is CCNc1cc(N2CCN(C(=O)C3CC(=O)N(c4ccc(F)cc4)C3)CC2)nc(C)n1. The fraction of sp³-hybridized carbons (Fsp3) is 0.455. The number of halogens is 1. The van der Waals surface area contributed by atoms with E-state index in [1.54, 1.807) is 17.0 Å². The van der Waals surface area contributed by atoms with Crippen LogP contribution >= 0.6 is 0 Å². The molecular formula is C22H27FN6O2. The Hall–Kier alpha value is -3.23. The second-order valence-corrected chi connectivity index (χ2v) is 7.88. The zero-order valence-corrected chi connectivity index (χ0v) is 17.8. The Bertz CT molecular complexity index is 959. The van der Waals surface area contributed by atoms with Gasteiger partial charge in [-0.15, -0.1) is 0 Å². The molecule has 0 spiro atoms. The number of benzene rings is 1. The molecule has 2 saturated heterocycles. The Labute approximate surface area is 181 Å². The lowest BCUT2D eigenvalue weighted by Gasteiger charge is -2.36. The van der Waals surface area contributed by atoms with E-state index in [1.165, 1.54) is 12.1 Å². The Balaban J connectivity index is 1.36. The van der Waals surface area contributed by atoms with Crippen molar-refractivity contribution in [1.82, 2.24) is 14.9 Å². The second-order valence-electron chi connectivity index (χ2n) is 7.88. The van der Waals surface area contributed by atoms with Gasteiger partial charge in [-0.1, -0.05) is 0 Å². The van der Waals surface area contributed by atoms with E-state index in [4.69, 9.17) is 0 Å². The van der Waals surface area contributed by atoms with Gasteiger partial charge >= 0.3 is 0 Å². The van der Waals surface area contributed by atoms with Gasteiger partial charge < -0.3 is 20.0 Å². The first-order valence-corrected chi connectivity index (χ1v) is 10.6. The van der Waals surface area contributed by atoms with Crippen molar-refractivity contribution in [2.45, 2.75) is 20.3 Å². The van der Waals surface area contributed by atoms with E-state index in [0.29, 0.717) is 44.2 Å². The van der Waals surface area contributed by atoms with Crippen molar-refractivity contribution in [3.8, 4) is 0 Å². The number of piperazine rings is 1. The van der Waals surface area contributed by atoms with Gasteiger partial charge in [-0.25, -0.2) is 14.4 Å². The first-order valence-electron chi connectivity index (χ1n) is 10.6. The van der Waals surface area contributed by atoms with Crippen LogP contribution < -0.4 is 15.1 Å². The number of carbonyl (C=O) groups is 2. The quantitative estimate of drug-likeness (QED) is 0.788. The summed E-state index contributed by atoms with van der Waals surface area (Å²) in [7, 11) is 0. The van der Waals surface area contributed by atoms with Gasteiger partial charge in [0.15, 0.2) is 0 Å². The van der Waals surface area contributed by atoms with Crippen LogP contribution in [0, 0.1) is 18.7 Å². The second kappa shape index (κ2) is 8.87. The van der Waals surface area contributed by atoms with Crippen LogP contribution in [0.1, 0.15) is 19.2 Å². The molecule has 1 unspecified atom stereocenters. The smallest absolute Gasteiger partial charge is 0.228 e. The van der Waals surface area contributed by atoms with Gasteiger partial charge in [0.2, 0.25) is 11.8 Å². The molecule has 4 rings (SSSR count). The van der Waals surface area contributed by atoms with Crippen LogP contribution in [0.5, 0.6) is 0 Å². The standard InChI is InChI=1S/C22H27FN6O2/c1-3-24-19-13-20(26-15(2)25-19)27-8-10-28(11-9-27)22(31)16-12-21(30)29(14-16)18-6-4-17(23)5-7-18/h4-7,13,16H,3,8-12,14H2,1-2H3,(H,24,25,26). The highest BCUT2D eigenvalue weighted by atomic mass is 19.1. The third kappa shape index (κ3) is 4.60. The topological polar surface area (TPSA) is 81.7 Å². The van der Waals surface area contributed by atoms with Gasteiger partial charge in [0.25, 0.3) is 0 Å². The Morgan fingerprint density at radius 2 is 1.87 bits per heavy atom. The molecule has 0 radical (unpaired) electrons. The molecule has 164 valence electrons. The highest BCUT2D eigenvalue weighted by Crippen LogP contribution is 2.27. The number of amides is 2. The van der Waals surface area contributed by atoms with Gasteiger partial charge in [-0.2, -0.15) is 0 Å². The number of hydrogen-bond donors (Lipinski definition) is 1. The van der Waals surface area contributed by atoms with Gasteiger partial charge in [0.1, 0.15) is 23.3 Å². The minimum Gasteiger partial charge on any atom is -0.370 e. The molecule has 8 nitrogen and oxygen atoms in total. The molecule has 1 aromatic carbocycles. The summed E-state index contributed by atoms with van der Waals surface area (Å²) >= 11 is 0. The van der Waals surface area contributed by atoms with Gasteiger partial charge in [0, 0.05) is 57.4 Å². The Kier molecular flexibility index (Phi) is 6.01. The number of hydrogen-bond acceptors (Lipinski definition) is 6. The van der Waals surface area contributed by atoms with Crippen molar-refractivity contribution in [3.05, 3.63) is 42.0 Å². The average molecular weight is 426 g/mol. The van der Waals surface area contributed by atoms with Crippen molar-refractivity contribution in [3.63, 3.8) is 0 Å². The predicted molar refractivity (Wildman–Crippen MR) is 117 cm³/mol. The van der Waals surface area contributed by atoms with E-state index < -0.39 is 0 Å². The van der Waals surface area contributed by atoms with Crippen LogP contribution in [0.25, 0.3) is 0 Å². The van der Waals surface area contributed by atoms with Crippen molar-refractivity contribution in [2.75, 3.05) is 54.4 Å². The fourth-order valence-corrected chi connectivity index (χ4v) is 4.14. The fourth-order valence-electron chi connectivity index (χ4n) is 4.14. The minimum absolute atomic E-state index is 0.00446. The number of anilines is 3. The summed E-state index contributed by atoms with van der Waals surface area (Å²) in [5.74, 6) is 1.55. The first kappa shape index (κ1) is 21.0. The van der Waals surface area contributed by atoms with Crippen LogP contribution in [0.3, 0.4) is 0 Å². The predicted octanol–water partition coefficient (Wildman–Crippen LogP) is 2.06. The van der Waals surface area contributed by atoms with Crippen LogP contribution in [-0.4, -0.2) is 66.0 Å². The molecule has 1 atom stereocenters. The zero-order chi connectivity index (χ0) is 22.0. The van der Waals surface area contributed by atoms with Crippen molar-refractivity contribution in [2.24, 2.45) is 5.92 Å². The molecule has 0 saturated carbocycles. The highest BCUT2D eigenvalue weighted by Gasteiger charge is 2.38. The monoisotopic (exact) mass is 426 g/mol. The van der Waals surface area contributed by atoms with Crippen LogP contribution in [0.15, 0.2) is 30.3 Å². The summed E-state index contributed by atoms with van der Waals surface area (Å²) in [5, 5.41) is 3.22. The third-order valence-corrected chi connectivity index (χ3v) is 5.71. The summed E-state index contributed by atoms with van der Waals surface area (Å²) in [6, 6.07) is 7.74. The maximum Gasteiger partial charge on any atom is 0.228 e. The van der Waals surface area contributed by atoms with Gasteiger partial charge in [-0.05, 0) is 38.1 Å². The molecule has 2 amide bonds. The minimum atomic E-state index is -0.370. The maximum atomic E-state index is 13.2. The van der Waals surface area contributed by atoms with Crippen LogP contribution in [-0.2, 0) is 9.59 Å². The summed E-state index contributed by atoms with van der Waals surface area (Å²) in [5.41, 5.74) is 0.627. The normalized spacial score (nSPS) is 19.1. The van der Waals surface area contributed by atoms with E-state index in [0.717, 1.165) is 18.2 Å². The molecule has 0 bridgehead atoms. The van der Waals surface area contributed by atoms with E-state index in [2.05, 4.69) is 20.2 Å². The van der Waals surface area contributed by atoms with E-state index >= 15 is 0 Å². The van der Waals surface area contributed by atoms with Gasteiger partial charge in [0.05, 0.1) is 5.92 Å². The lowest BCUT2D eigenvalue weighted by molar-refractivity contribution is -0.136. The molecular weight excluding hydrogens is 399 g/mol. The number of aromatic nitrogens is 2. The molecule has 2 aromatic rings. The highest BCUT2D eigenvalue weighted by molar-refractivity contribution is 6.00. The number of carbonyl (C=O) groups excluding carboxylic acids is 2. The summed E-state index contributed by atoms with van der Waals surface area (Å²) in [4.78, 5) is 40.0. The molecule has 1 N–H and O–H groups in total. The molecule has 9 heteroatoms. The molecule has 0 aliphatic carbocycles. The number of nitrogens with one attached hydrogen (secondary N) is 1. The van der Waals surface area contributed by atoms with Crippen molar-refractivity contribution in [1.29, 1.82) is 0 Å². The van der Waals surface area contributed by atoms with E-state index in [1.807, 2.05) is 24.8 Å². The zero-order valence-electron chi connectivity index (χ0n) is 17.8. The molecule has 2 aliphatic rings. The Morgan fingerprint density at radius 1 is 1.16 bits per heavy atom. The van der Waals surface area contributed by atoms with E-state index in [-0.39, 0.29) is 30.0 Å². The summed E-state index contributed by atoms with van der Waals surface area (Å²) in [6.07, 6.45) is 0.188. The molecule has 2 aliphatic heterocycles. The molecule has 31 heavy (non-hydrogen) atoms. The number of rotatable bonds is 5. The molecule has 2 fully saturated rings. The number of aryl methyl sites for hydroxylation is 1. The van der Waals surface area contributed by atoms with E-state index in [9.17, 15) is 14.0 Å². The lowest BCUT2D eigenvalue weighted by atomic mass is 10.1. The largest absolute Gasteiger partial charge is 0.370 e. The average Bonchev–Trinajstić information content (AvgIpc) is 3.15. The van der Waals surface area contributed by atoms with Crippen molar-refractivity contribution >= 4 is 29.1 Å². The van der Waals surface area contributed by atoms with Crippen LogP contribution in [0.4, 0.5) is 21.7 Å². The molecule has 1 aromatic heterocycles. The van der Waals surface area contributed by atoms with Crippen molar-refractivity contribution < 1.29 is 14.0 Å². The number of nitrogens with zero attached hydrogens (tertiary/aromatic N) is 5. The Morgan fingerprint density at radius 3 is 2.55 bits per heavy atom. The summed E-state index contributed by atoms with van der Waals surface area (Å²) < 4.78 is 13.2. The lowest BCUT2D eigenvalue weighted by Crippen LogP contribution is -2.51. The molecule has 3 heterocycles. The summed E-state index contributed by atoms with van der Waals surface area (Å²) in [6.45, 7) is 7.53. The van der Waals surface area contributed by atoms with Crippen LogP contribution in [0.2, 0.25) is 0 Å². The maximum absolute atomic E-state index is 13.2. The first-order chi connectivity index (χ1) is 14.9. The van der Waals surface area contributed by atoms with Gasteiger partial charge in [-0.3, -0.25) is 9.59 Å². The third-order valence-electron chi connectivity index (χ3n) is 5.71.